The number of nitrogens with one attached hydrogen (secondary N) is 2. The maximum Gasteiger partial charge on any atom is 0.339 e. The number of esters is 1. The predicted octanol–water partition coefficient (Wildman–Crippen LogP) is 0.681. The van der Waals surface area contributed by atoms with E-state index in [1.165, 1.54) is 6.92 Å². The normalized spacial score (nSPS) is 31.5. The van der Waals surface area contributed by atoms with E-state index in [-0.39, 0.29) is 28.9 Å². The van der Waals surface area contributed by atoms with Gasteiger partial charge in [-0.15, -0.1) is 11.8 Å². The van der Waals surface area contributed by atoms with E-state index in [4.69, 9.17) is 21.1 Å². The number of aliphatic hydroxyl groups is 4. The number of carbonyl (C=O) groups is 2. The van der Waals surface area contributed by atoms with Crippen LogP contribution < -0.4 is 10.6 Å². The number of amides is 1. The average molecular weight is 561 g/mol. The van der Waals surface area contributed by atoms with E-state index in [2.05, 4.69) is 17.6 Å². The summed E-state index contributed by atoms with van der Waals surface area (Å²) in [5.74, 6) is -0.309. The van der Waals surface area contributed by atoms with Crippen molar-refractivity contribution in [2.45, 2.75) is 81.1 Å². The van der Waals surface area contributed by atoms with Crippen molar-refractivity contribution in [2.24, 2.45) is 5.92 Å². The minimum Gasteiger partial charge on any atom is -0.461 e. The smallest absolute Gasteiger partial charge is 0.339 e. The molecule has 0 spiro atoms. The Kier molecular flexibility index (Phi) is 11.5. The van der Waals surface area contributed by atoms with Crippen molar-refractivity contribution in [3.8, 4) is 0 Å². The Labute approximate surface area is 226 Å². The standard InChI is InChI=1S/C25H37ClN2O8S/c1-3-6-14-11-17(27-12-14)23(33)28-18(13(2)29)22-20(31)19(30)21(32)25(36-22)37-10-9-35-24(34)15-7-4-5-8-16(15)26/h4-5,7-8,13-14,17-22,25,27,29-32H,3,6,9-12H2,1-2H3,(H,28,33)/t13-,14-,17+,18-,19+,20-,21-,22-,25-/m1/s1. The Morgan fingerprint density at radius 2 is 1.97 bits per heavy atom. The van der Waals surface area contributed by atoms with Crippen LogP contribution in [0.15, 0.2) is 24.3 Å². The Balaban J connectivity index is 1.57. The molecule has 0 unspecified atom stereocenters. The van der Waals surface area contributed by atoms with Crippen LogP contribution in [-0.4, -0.2) is 99.2 Å². The number of halogens is 1. The molecule has 1 amide bonds. The van der Waals surface area contributed by atoms with Gasteiger partial charge in [-0.2, -0.15) is 0 Å². The van der Waals surface area contributed by atoms with E-state index < -0.39 is 54.0 Å². The van der Waals surface area contributed by atoms with Gasteiger partial charge in [0.25, 0.3) is 0 Å². The monoisotopic (exact) mass is 560 g/mol. The molecule has 9 atom stereocenters. The van der Waals surface area contributed by atoms with Gasteiger partial charge in [-0.05, 0) is 44.4 Å². The molecule has 2 heterocycles. The molecule has 1 aromatic rings. The van der Waals surface area contributed by atoms with Crippen molar-refractivity contribution in [3.05, 3.63) is 34.9 Å². The first-order valence-corrected chi connectivity index (χ1v) is 14.0. The molecule has 2 aliphatic rings. The zero-order chi connectivity index (χ0) is 27.1. The zero-order valence-corrected chi connectivity index (χ0v) is 22.5. The first kappa shape index (κ1) is 30.1. The topological polar surface area (TPSA) is 158 Å². The third-order valence-electron chi connectivity index (χ3n) is 6.72. The predicted molar refractivity (Wildman–Crippen MR) is 139 cm³/mol. The molecule has 0 bridgehead atoms. The molecular weight excluding hydrogens is 524 g/mol. The Morgan fingerprint density at radius 1 is 1.24 bits per heavy atom. The molecule has 10 nitrogen and oxygen atoms in total. The van der Waals surface area contributed by atoms with Crippen LogP contribution in [0.25, 0.3) is 0 Å². The highest BCUT2D eigenvalue weighted by Crippen LogP contribution is 2.31. The Morgan fingerprint density at radius 3 is 2.65 bits per heavy atom. The highest BCUT2D eigenvalue weighted by molar-refractivity contribution is 7.99. The van der Waals surface area contributed by atoms with Gasteiger partial charge in [-0.3, -0.25) is 4.79 Å². The first-order chi connectivity index (χ1) is 17.6. The van der Waals surface area contributed by atoms with Gasteiger partial charge in [0, 0.05) is 5.75 Å². The molecule has 0 radical (unpaired) electrons. The van der Waals surface area contributed by atoms with Gasteiger partial charge >= 0.3 is 5.97 Å². The van der Waals surface area contributed by atoms with Crippen molar-refractivity contribution in [1.82, 2.24) is 10.6 Å². The molecule has 37 heavy (non-hydrogen) atoms. The second-order valence-electron chi connectivity index (χ2n) is 9.55. The van der Waals surface area contributed by atoms with Crippen LogP contribution in [0.1, 0.15) is 43.5 Å². The van der Waals surface area contributed by atoms with Crippen molar-refractivity contribution >= 4 is 35.2 Å². The quantitative estimate of drug-likeness (QED) is 0.168. The molecule has 0 saturated carbocycles. The zero-order valence-electron chi connectivity index (χ0n) is 21.0. The lowest BCUT2D eigenvalue weighted by Gasteiger charge is -2.44. The van der Waals surface area contributed by atoms with Gasteiger partial charge in [0.2, 0.25) is 5.91 Å². The number of hydrogen-bond donors (Lipinski definition) is 6. The molecule has 0 aliphatic carbocycles. The lowest BCUT2D eigenvalue weighted by atomic mass is 9.92. The number of aliphatic hydroxyl groups excluding tert-OH is 4. The van der Waals surface area contributed by atoms with Crippen molar-refractivity contribution in [2.75, 3.05) is 18.9 Å². The van der Waals surface area contributed by atoms with E-state index in [9.17, 15) is 30.0 Å². The largest absolute Gasteiger partial charge is 0.461 e. The summed E-state index contributed by atoms with van der Waals surface area (Å²) in [6.45, 7) is 4.26. The summed E-state index contributed by atoms with van der Waals surface area (Å²) in [6, 6.07) is 5.03. The van der Waals surface area contributed by atoms with Crippen molar-refractivity contribution in [1.29, 1.82) is 0 Å². The van der Waals surface area contributed by atoms with Crippen LogP contribution in [-0.2, 0) is 14.3 Å². The van der Waals surface area contributed by atoms with Gasteiger partial charge in [0.1, 0.15) is 36.5 Å². The fourth-order valence-corrected chi connectivity index (χ4v) is 5.88. The summed E-state index contributed by atoms with van der Waals surface area (Å²) in [7, 11) is 0. The molecule has 1 aromatic carbocycles. The molecule has 3 rings (SSSR count). The summed E-state index contributed by atoms with van der Waals surface area (Å²) >= 11 is 7.08. The van der Waals surface area contributed by atoms with E-state index >= 15 is 0 Å². The SMILES string of the molecule is CCC[C@H]1CN[C@H](C(=O)N[C@@H]([C@H]2O[C@H](SCCOC(=O)c3ccccc3Cl)[C@H](O)[C@@H](O)[C@H]2O)[C@@H](C)O)C1. The van der Waals surface area contributed by atoms with Gasteiger partial charge in [-0.25, -0.2) is 4.79 Å². The third kappa shape index (κ3) is 7.79. The van der Waals surface area contributed by atoms with Gasteiger partial charge in [0.05, 0.1) is 28.8 Å². The number of thioether (sulfide) groups is 1. The molecule has 6 N–H and O–H groups in total. The van der Waals surface area contributed by atoms with Crippen LogP contribution >= 0.6 is 23.4 Å². The number of ether oxygens (including phenoxy) is 2. The fraction of sp³-hybridized carbons (Fsp3) is 0.680. The van der Waals surface area contributed by atoms with Crippen LogP contribution in [0, 0.1) is 5.92 Å². The van der Waals surface area contributed by atoms with Crippen LogP contribution in [0.3, 0.4) is 0 Å². The minimum atomic E-state index is -1.57. The summed E-state index contributed by atoms with van der Waals surface area (Å²) < 4.78 is 11.1. The van der Waals surface area contributed by atoms with E-state index in [0.29, 0.717) is 12.3 Å². The second-order valence-corrected chi connectivity index (χ2v) is 11.2. The van der Waals surface area contributed by atoms with E-state index in [1.54, 1.807) is 24.3 Å². The Bertz CT molecular complexity index is 909. The maximum atomic E-state index is 12.9. The number of hydrogen-bond acceptors (Lipinski definition) is 10. The first-order valence-electron chi connectivity index (χ1n) is 12.6. The molecule has 2 saturated heterocycles. The molecule has 12 heteroatoms. The Hall–Kier alpha value is -1.44. The molecule has 0 aromatic heterocycles. The number of benzene rings is 1. The summed E-state index contributed by atoms with van der Waals surface area (Å²) in [5, 5.41) is 48.2. The summed E-state index contributed by atoms with van der Waals surface area (Å²) in [5.41, 5.74) is -0.769. The highest BCUT2D eigenvalue weighted by Gasteiger charge is 2.48. The number of carbonyl (C=O) groups excluding carboxylic acids is 2. The average Bonchev–Trinajstić information content (AvgIpc) is 3.34. The van der Waals surface area contributed by atoms with Gasteiger partial charge in [0.15, 0.2) is 0 Å². The summed E-state index contributed by atoms with van der Waals surface area (Å²) in [4.78, 5) is 25.1. The van der Waals surface area contributed by atoms with Crippen molar-refractivity contribution in [3.63, 3.8) is 0 Å². The minimum absolute atomic E-state index is 0.0204. The maximum absolute atomic E-state index is 12.9. The second kappa shape index (κ2) is 14.1. The van der Waals surface area contributed by atoms with Gasteiger partial charge in [-0.1, -0.05) is 37.1 Å². The van der Waals surface area contributed by atoms with Crippen LogP contribution in [0.4, 0.5) is 0 Å². The highest BCUT2D eigenvalue weighted by atomic mass is 35.5. The molecular formula is C25H37ClN2O8S. The summed E-state index contributed by atoms with van der Waals surface area (Å²) in [6.07, 6.45) is -4.14. The van der Waals surface area contributed by atoms with E-state index in [0.717, 1.165) is 31.1 Å². The van der Waals surface area contributed by atoms with Gasteiger partial charge < -0.3 is 40.5 Å². The van der Waals surface area contributed by atoms with Crippen LogP contribution in [0.2, 0.25) is 5.02 Å². The molecule has 2 fully saturated rings. The molecule has 208 valence electrons. The number of rotatable bonds is 11. The lowest BCUT2D eigenvalue weighted by Crippen LogP contribution is -2.65. The third-order valence-corrected chi connectivity index (χ3v) is 8.17. The van der Waals surface area contributed by atoms with Crippen LogP contribution in [0.5, 0.6) is 0 Å². The van der Waals surface area contributed by atoms with Crippen molar-refractivity contribution < 1.29 is 39.5 Å². The van der Waals surface area contributed by atoms with E-state index in [1.807, 2.05) is 0 Å². The fourth-order valence-electron chi connectivity index (χ4n) is 4.69. The lowest BCUT2D eigenvalue weighted by molar-refractivity contribution is -0.211. The molecule has 2 aliphatic heterocycles.